The van der Waals surface area contributed by atoms with Gasteiger partial charge in [-0.15, -0.1) is 0 Å². The van der Waals surface area contributed by atoms with Gasteiger partial charge in [-0.2, -0.15) is 0 Å². The van der Waals surface area contributed by atoms with Crippen LogP contribution in [0.25, 0.3) is 65.8 Å². The van der Waals surface area contributed by atoms with Gasteiger partial charge in [-0.3, -0.25) is 4.90 Å². The third-order valence-electron chi connectivity index (χ3n) is 9.43. The average Bonchev–Trinajstić information content (AvgIpc) is 3.18. The number of fused-ring (bicyclic) bond motifs is 3. The van der Waals surface area contributed by atoms with E-state index in [1.165, 1.54) is 54.6 Å². The number of nitrogens with zero attached hydrogens (tertiary/aromatic N) is 2. The molecule has 9 rings (SSSR count). The van der Waals surface area contributed by atoms with Crippen molar-refractivity contribution in [3.05, 3.63) is 194 Å². The zero-order chi connectivity index (χ0) is 32.6. The second kappa shape index (κ2) is 12.3. The Morgan fingerprint density at radius 2 is 0.837 bits per heavy atom. The molecule has 0 saturated heterocycles. The van der Waals surface area contributed by atoms with E-state index in [0.29, 0.717) is 0 Å². The Labute approximate surface area is 286 Å². The molecule has 2 heteroatoms. The van der Waals surface area contributed by atoms with Crippen LogP contribution in [0.4, 0.5) is 17.2 Å². The van der Waals surface area contributed by atoms with Crippen LogP contribution >= 0.6 is 0 Å². The largest absolute Gasteiger partial charge is 0.295 e. The topological polar surface area (TPSA) is 16.1 Å². The average molecular weight is 625 g/mol. The van der Waals surface area contributed by atoms with Gasteiger partial charge in [0.05, 0.1) is 5.69 Å². The first kappa shape index (κ1) is 28.7. The van der Waals surface area contributed by atoms with Crippen LogP contribution < -0.4 is 4.90 Å². The standard InChI is InChI=1S/C47H32N2/c1-3-15-34(16-4-1)44-24-13-25-45(48-44)49(38-18-5-2-6-19-38)39-30-28-35(29-31-39)46-40-20-9-11-22-42(40)47(43-23-12-10-21-41(43)46)37-27-26-33-14-7-8-17-36(33)32-37/h1-32H. The Morgan fingerprint density at radius 1 is 0.327 bits per heavy atom. The number of hydrogen-bond donors (Lipinski definition) is 0. The second-order valence-corrected chi connectivity index (χ2v) is 12.4. The summed E-state index contributed by atoms with van der Waals surface area (Å²) in [5.41, 5.74) is 9.09. The fraction of sp³-hybridized carbons (Fsp3) is 0. The molecule has 230 valence electrons. The summed E-state index contributed by atoms with van der Waals surface area (Å²) in [6, 6.07) is 69.2. The lowest BCUT2D eigenvalue weighted by Crippen LogP contribution is -2.11. The van der Waals surface area contributed by atoms with Crippen molar-refractivity contribution in [2.24, 2.45) is 0 Å². The van der Waals surface area contributed by atoms with Gasteiger partial charge < -0.3 is 0 Å². The van der Waals surface area contributed by atoms with Crippen molar-refractivity contribution in [2.75, 3.05) is 4.90 Å². The fourth-order valence-corrected chi connectivity index (χ4v) is 7.18. The van der Waals surface area contributed by atoms with Gasteiger partial charge >= 0.3 is 0 Å². The normalized spacial score (nSPS) is 11.3. The highest BCUT2D eigenvalue weighted by Gasteiger charge is 2.19. The number of aromatic nitrogens is 1. The molecule has 0 aliphatic rings. The Bertz CT molecular complexity index is 2530. The van der Waals surface area contributed by atoms with Crippen molar-refractivity contribution in [3.63, 3.8) is 0 Å². The highest BCUT2D eigenvalue weighted by atomic mass is 15.2. The van der Waals surface area contributed by atoms with Crippen LogP contribution in [-0.2, 0) is 0 Å². The molecule has 1 aromatic heterocycles. The number of benzene rings is 8. The summed E-state index contributed by atoms with van der Waals surface area (Å²) in [5, 5.41) is 7.50. The molecule has 8 aromatic carbocycles. The van der Waals surface area contributed by atoms with Crippen molar-refractivity contribution < 1.29 is 0 Å². The SMILES string of the molecule is c1ccc(-c2cccc(N(c3ccccc3)c3ccc(-c4c5ccccc5c(-c5ccc6ccccc6c5)c5ccccc45)cc3)n2)cc1. The second-order valence-electron chi connectivity index (χ2n) is 12.4. The first-order chi connectivity index (χ1) is 24.3. The van der Waals surface area contributed by atoms with E-state index in [9.17, 15) is 0 Å². The van der Waals surface area contributed by atoms with Crippen molar-refractivity contribution in [2.45, 2.75) is 0 Å². The summed E-state index contributed by atoms with van der Waals surface area (Å²) >= 11 is 0. The summed E-state index contributed by atoms with van der Waals surface area (Å²) in [6.45, 7) is 0. The smallest absolute Gasteiger partial charge is 0.138 e. The van der Waals surface area contributed by atoms with Crippen molar-refractivity contribution in [1.29, 1.82) is 0 Å². The molecule has 0 aliphatic heterocycles. The van der Waals surface area contributed by atoms with Crippen LogP contribution in [0.1, 0.15) is 0 Å². The van der Waals surface area contributed by atoms with Crippen LogP contribution in [0.2, 0.25) is 0 Å². The molecule has 2 nitrogen and oxygen atoms in total. The van der Waals surface area contributed by atoms with Gasteiger partial charge in [0.15, 0.2) is 0 Å². The van der Waals surface area contributed by atoms with E-state index < -0.39 is 0 Å². The zero-order valence-corrected chi connectivity index (χ0v) is 26.9. The number of anilines is 3. The van der Waals surface area contributed by atoms with E-state index in [2.05, 4.69) is 193 Å². The first-order valence-electron chi connectivity index (χ1n) is 16.7. The maximum atomic E-state index is 5.14. The molecule has 0 amide bonds. The molecule has 0 bridgehead atoms. The third-order valence-corrected chi connectivity index (χ3v) is 9.43. The summed E-state index contributed by atoms with van der Waals surface area (Å²) < 4.78 is 0. The van der Waals surface area contributed by atoms with Gasteiger partial charge in [-0.25, -0.2) is 4.98 Å². The van der Waals surface area contributed by atoms with Crippen LogP contribution in [0, 0.1) is 0 Å². The van der Waals surface area contributed by atoms with Crippen LogP contribution in [0.15, 0.2) is 194 Å². The Morgan fingerprint density at radius 3 is 1.49 bits per heavy atom. The van der Waals surface area contributed by atoms with Crippen molar-refractivity contribution >= 4 is 49.5 Å². The molecule has 0 spiro atoms. The van der Waals surface area contributed by atoms with Gasteiger partial charge in [0.2, 0.25) is 0 Å². The van der Waals surface area contributed by atoms with E-state index in [1.54, 1.807) is 0 Å². The number of pyridine rings is 1. The van der Waals surface area contributed by atoms with E-state index in [1.807, 2.05) is 6.07 Å². The summed E-state index contributed by atoms with van der Waals surface area (Å²) in [5.74, 6) is 0.871. The molecular formula is C47H32N2. The van der Waals surface area contributed by atoms with E-state index in [0.717, 1.165) is 28.5 Å². The van der Waals surface area contributed by atoms with Crippen LogP contribution in [-0.4, -0.2) is 4.98 Å². The number of para-hydroxylation sites is 1. The molecule has 0 atom stereocenters. The zero-order valence-electron chi connectivity index (χ0n) is 26.9. The highest BCUT2D eigenvalue weighted by molar-refractivity contribution is 6.21. The van der Waals surface area contributed by atoms with Crippen molar-refractivity contribution in [1.82, 2.24) is 4.98 Å². The molecule has 0 N–H and O–H groups in total. The molecule has 0 fully saturated rings. The fourth-order valence-electron chi connectivity index (χ4n) is 7.18. The molecular weight excluding hydrogens is 593 g/mol. The van der Waals surface area contributed by atoms with Gasteiger partial charge in [-0.1, -0.05) is 152 Å². The minimum absolute atomic E-state index is 0.871. The molecule has 9 aromatic rings. The third kappa shape index (κ3) is 5.21. The molecule has 49 heavy (non-hydrogen) atoms. The maximum Gasteiger partial charge on any atom is 0.138 e. The number of hydrogen-bond acceptors (Lipinski definition) is 2. The molecule has 0 radical (unpaired) electrons. The Balaban J connectivity index is 1.20. The lowest BCUT2D eigenvalue weighted by atomic mass is 9.85. The number of rotatable bonds is 6. The lowest BCUT2D eigenvalue weighted by Gasteiger charge is -2.25. The predicted molar refractivity (Wildman–Crippen MR) is 208 cm³/mol. The molecule has 0 unspecified atom stereocenters. The first-order valence-corrected chi connectivity index (χ1v) is 16.7. The molecule has 1 heterocycles. The van der Waals surface area contributed by atoms with Gasteiger partial charge in [0, 0.05) is 16.9 Å². The summed E-state index contributed by atoms with van der Waals surface area (Å²) in [4.78, 5) is 7.37. The highest BCUT2D eigenvalue weighted by Crippen LogP contribution is 2.45. The lowest BCUT2D eigenvalue weighted by molar-refractivity contribution is 1.18. The van der Waals surface area contributed by atoms with Gasteiger partial charge in [0.1, 0.15) is 5.82 Å². The summed E-state index contributed by atoms with van der Waals surface area (Å²) in [6.07, 6.45) is 0. The van der Waals surface area contributed by atoms with Crippen LogP contribution in [0.3, 0.4) is 0 Å². The van der Waals surface area contributed by atoms with Crippen LogP contribution in [0.5, 0.6) is 0 Å². The quantitative estimate of drug-likeness (QED) is 0.171. The maximum absolute atomic E-state index is 5.14. The minimum atomic E-state index is 0.871. The van der Waals surface area contributed by atoms with E-state index in [4.69, 9.17) is 4.98 Å². The predicted octanol–water partition coefficient (Wildman–Crippen LogP) is 13.0. The Kier molecular flexibility index (Phi) is 7.18. The summed E-state index contributed by atoms with van der Waals surface area (Å²) in [7, 11) is 0. The van der Waals surface area contributed by atoms with Gasteiger partial charge in [-0.05, 0) is 97.0 Å². The van der Waals surface area contributed by atoms with Gasteiger partial charge in [0.25, 0.3) is 0 Å². The monoisotopic (exact) mass is 624 g/mol. The molecule has 0 aliphatic carbocycles. The van der Waals surface area contributed by atoms with Crippen molar-refractivity contribution in [3.8, 4) is 33.5 Å². The van der Waals surface area contributed by atoms with E-state index in [-0.39, 0.29) is 0 Å². The Hall–Kier alpha value is -6.51. The minimum Gasteiger partial charge on any atom is -0.295 e. The molecule has 0 saturated carbocycles. The van der Waals surface area contributed by atoms with E-state index >= 15 is 0 Å².